The monoisotopic (exact) mass is 168 g/mol. The third-order valence-electron chi connectivity index (χ3n) is 2.44. The number of rotatable bonds is 4. The fraction of sp³-hybridized carbons (Fsp3) is 0.818. The predicted molar refractivity (Wildman–Crippen MR) is 52.0 cm³/mol. The van der Waals surface area contributed by atoms with Gasteiger partial charge in [-0.05, 0) is 25.7 Å². The molecule has 0 aromatic heterocycles. The summed E-state index contributed by atoms with van der Waals surface area (Å²) in [4.78, 5) is 0. The molecule has 1 saturated heterocycles. The molecule has 0 radical (unpaired) electrons. The van der Waals surface area contributed by atoms with Gasteiger partial charge in [0.15, 0.2) is 0 Å². The van der Waals surface area contributed by atoms with E-state index in [1.54, 1.807) is 0 Å². The highest BCUT2D eigenvalue weighted by molar-refractivity contribution is 4.88. The Morgan fingerprint density at radius 1 is 1.50 bits per heavy atom. The molecule has 1 rings (SSSR count). The van der Waals surface area contributed by atoms with E-state index < -0.39 is 0 Å². The second kappa shape index (κ2) is 5.23. The molecule has 1 atom stereocenters. The summed E-state index contributed by atoms with van der Waals surface area (Å²) in [6.45, 7) is 6.11. The van der Waals surface area contributed by atoms with Crippen molar-refractivity contribution in [3.05, 3.63) is 12.3 Å². The van der Waals surface area contributed by atoms with Crippen LogP contribution in [0.1, 0.15) is 51.9 Å². The molecule has 12 heavy (non-hydrogen) atoms. The van der Waals surface area contributed by atoms with Gasteiger partial charge in [0.25, 0.3) is 0 Å². The third-order valence-corrected chi connectivity index (χ3v) is 2.44. The van der Waals surface area contributed by atoms with Crippen molar-refractivity contribution in [2.75, 3.05) is 0 Å². The lowest BCUT2D eigenvalue weighted by Crippen LogP contribution is -2.16. The molecule has 1 aliphatic heterocycles. The van der Waals surface area contributed by atoms with E-state index in [4.69, 9.17) is 4.74 Å². The van der Waals surface area contributed by atoms with E-state index in [2.05, 4.69) is 13.5 Å². The van der Waals surface area contributed by atoms with Crippen LogP contribution in [-0.2, 0) is 4.74 Å². The minimum absolute atomic E-state index is 0.484. The second-order valence-corrected chi connectivity index (χ2v) is 3.67. The van der Waals surface area contributed by atoms with Gasteiger partial charge in [-0.2, -0.15) is 0 Å². The molecule has 1 nitrogen and oxygen atoms in total. The van der Waals surface area contributed by atoms with Gasteiger partial charge in [-0.3, -0.25) is 0 Å². The van der Waals surface area contributed by atoms with Crippen LogP contribution in [0.25, 0.3) is 0 Å². The Morgan fingerprint density at radius 2 is 2.33 bits per heavy atom. The first-order chi connectivity index (χ1) is 5.83. The molecule has 0 aromatic rings. The van der Waals surface area contributed by atoms with E-state index in [1.165, 1.54) is 38.5 Å². The lowest BCUT2D eigenvalue weighted by molar-refractivity contribution is 0.0660. The fourth-order valence-electron chi connectivity index (χ4n) is 1.71. The van der Waals surface area contributed by atoms with Crippen LogP contribution in [0.2, 0.25) is 0 Å². The quantitative estimate of drug-likeness (QED) is 0.582. The highest BCUT2D eigenvalue weighted by Crippen LogP contribution is 2.23. The largest absolute Gasteiger partial charge is 0.495 e. The van der Waals surface area contributed by atoms with Crippen LogP contribution in [-0.4, -0.2) is 6.10 Å². The zero-order valence-corrected chi connectivity index (χ0v) is 8.14. The minimum Gasteiger partial charge on any atom is -0.495 e. The molecule has 1 heterocycles. The molecule has 1 aliphatic rings. The van der Waals surface area contributed by atoms with Gasteiger partial charge in [0, 0.05) is 6.42 Å². The molecule has 0 bridgehead atoms. The Morgan fingerprint density at radius 3 is 3.00 bits per heavy atom. The number of hydrogen-bond donors (Lipinski definition) is 0. The molecule has 1 unspecified atom stereocenters. The van der Waals surface area contributed by atoms with Gasteiger partial charge in [-0.25, -0.2) is 0 Å². The van der Waals surface area contributed by atoms with Crippen molar-refractivity contribution in [3.63, 3.8) is 0 Å². The van der Waals surface area contributed by atoms with Gasteiger partial charge in [-0.1, -0.05) is 26.3 Å². The summed E-state index contributed by atoms with van der Waals surface area (Å²) in [6, 6.07) is 0. The van der Waals surface area contributed by atoms with Crippen LogP contribution >= 0.6 is 0 Å². The first-order valence-corrected chi connectivity index (χ1v) is 5.17. The molecular formula is C11H20O. The van der Waals surface area contributed by atoms with Crippen LogP contribution in [0.3, 0.4) is 0 Å². The van der Waals surface area contributed by atoms with Crippen molar-refractivity contribution in [3.8, 4) is 0 Å². The Labute approximate surface area is 75.8 Å². The number of unbranched alkanes of at least 4 members (excludes halogenated alkanes) is 2. The van der Waals surface area contributed by atoms with Gasteiger partial charge in [0.05, 0.1) is 11.9 Å². The molecule has 0 aliphatic carbocycles. The van der Waals surface area contributed by atoms with Crippen molar-refractivity contribution in [1.82, 2.24) is 0 Å². The van der Waals surface area contributed by atoms with E-state index in [9.17, 15) is 0 Å². The summed E-state index contributed by atoms with van der Waals surface area (Å²) in [5.74, 6) is 1.00. The zero-order valence-electron chi connectivity index (χ0n) is 8.14. The first-order valence-electron chi connectivity index (χ1n) is 5.17. The van der Waals surface area contributed by atoms with Crippen molar-refractivity contribution < 1.29 is 4.74 Å². The average Bonchev–Trinajstić information content (AvgIpc) is 2.05. The van der Waals surface area contributed by atoms with Crippen LogP contribution < -0.4 is 0 Å². The van der Waals surface area contributed by atoms with Gasteiger partial charge in [0.2, 0.25) is 0 Å². The molecule has 1 fully saturated rings. The van der Waals surface area contributed by atoms with E-state index in [0.717, 1.165) is 12.2 Å². The van der Waals surface area contributed by atoms with Crippen LogP contribution in [0.4, 0.5) is 0 Å². The highest BCUT2D eigenvalue weighted by Gasteiger charge is 2.15. The summed E-state index contributed by atoms with van der Waals surface area (Å²) < 4.78 is 5.64. The lowest BCUT2D eigenvalue weighted by Gasteiger charge is -2.25. The van der Waals surface area contributed by atoms with E-state index >= 15 is 0 Å². The molecule has 70 valence electrons. The molecule has 1 heteroatoms. The molecule has 0 N–H and O–H groups in total. The number of allylic oxidation sites excluding steroid dienone is 1. The molecule has 0 aromatic carbocycles. The summed E-state index contributed by atoms with van der Waals surface area (Å²) >= 11 is 0. The van der Waals surface area contributed by atoms with Gasteiger partial charge >= 0.3 is 0 Å². The van der Waals surface area contributed by atoms with Crippen LogP contribution in [0.15, 0.2) is 12.3 Å². The van der Waals surface area contributed by atoms with Crippen LogP contribution in [0, 0.1) is 0 Å². The molecule has 0 spiro atoms. The molecule has 0 amide bonds. The summed E-state index contributed by atoms with van der Waals surface area (Å²) in [5, 5.41) is 0. The zero-order chi connectivity index (χ0) is 8.81. The van der Waals surface area contributed by atoms with Gasteiger partial charge in [-0.15, -0.1) is 0 Å². The normalized spacial score (nSPS) is 23.8. The standard InChI is InChI=1S/C11H20O/c1-3-4-5-8-11-9-6-7-10(2)12-11/h11H,2-9H2,1H3. The second-order valence-electron chi connectivity index (χ2n) is 3.67. The summed E-state index contributed by atoms with van der Waals surface area (Å²) in [5.41, 5.74) is 0. The summed E-state index contributed by atoms with van der Waals surface area (Å²) in [6.07, 6.45) is 9.25. The summed E-state index contributed by atoms with van der Waals surface area (Å²) in [7, 11) is 0. The van der Waals surface area contributed by atoms with E-state index in [1.807, 2.05) is 0 Å². The van der Waals surface area contributed by atoms with Crippen LogP contribution in [0.5, 0.6) is 0 Å². The lowest BCUT2D eigenvalue weighted by atomic mass is 10.0. The van der Waals surface area contributed by atoms with E-state index in [0.29, 0.717) is 6.10 Å². The maximum atomic E-state index is 5.64. The SMILES string of the molecule is C=C1CCCC(CCCCC)O1. The fourth-order valence-corrected chi connectivity index (χ4v) is 1.71. The first kappa shape index (κ1) is 9.63. The maximum Gasteiger partial charge on any atom is 0.0982 e. The Hall–Kier alpha value is -0.460. The van der Waals surface area contributed by atoms with Crippen molar-refractivity contribution in [1.29, 1.82) is 0 Å². The molecular weight excluding hydrogens is 148 g/mol. The van der Waals surface area contributed by atoms with Crippen molar-refractivity contribution >= 4 is 0 Å². The maximum absolute atomic E-state index is 5.64. The predicted octanol–water partition coefficient (Wildman–Crippen LogP) is 3.65. The number of ether oxygens (including phenoxy) is 1. The Bertz CT molecular complexity index is 140. The van der Waals surface area contributed by atoms with Crippen molar-refractivity contribution in [2.45, 2.75) is 58.0 Å². The number of hydrogen-bond acceptors (Lipinski definition) is 1. The topological polar surface area (TPSA) is 9.23 Å². The third kappa shape index (κ3) is 3.29. The van der Waals surface area contributed by atoms with Gasteiger partial charge in [0.1, 0.15) is 0 Å². The van der Waals surface area contributed by atoms with E-state index in [-0.39, 0.29) is 0 Å². The molecule has 0 saturated carbocycles. The highest BCUT2D eigenvalue weighted by atomic mass is 16.5. The van der Waals surface area contributed by atoms with Crippen molar-refractivity contribution in [2.24, 2.45) is 0 Å². The Kier molecular flexibility index (Phi) is 4.20. The Balaban J connectivity index is 2.10. The van der Waals surface area contributed by atoms with Gasteiger partial charge < -0.3 is 4.74 Å². The smallest absolute Gasteiger partial charge is 0.0982 e. The minimum atomic E-state index is 0.484. The average molecular weight is 168 g/mol.